The van der Waals surface area contributed by atoms with Crippen LogP contribution in [0, 0.1) is 0 Å². The monoisotopic (exact) mass is 564 g/mol. The Morgan fingerprint density at radius 2 is 1.30 bits per heavy atom. The van der Waals surface area contributed by atoms with Crippen molar-refractivity contribution in [2.75, 3.05) is 7.11 Å². The van der Waals surface area contributed by atoms with Crippen LogP contribution < -0.4 is 21.2 Å². The SMILES string of the molecule is COC(=O)[C@@H](NC(=O)[C@H](Cc1ccccc1)NC(=O)OC(C)(C)C)[C@@H](C)OP(c1ccccc1)c1ccccc1. The normalized spacial score (nSPS) is 13.6. The number of alkyl carbamates (subject to hydrolysis) is 1. The second-order valence-corrected chi connectivity index (χ2v) is 12.0. The summed E-state index contributed by atoms with van der Waals surface area (Å²) < 4.78 is 16.9. The van der Waals surface area contributed by atoms with Gasteiger partial charge in [-0.25, -0.2) is 9.59 Å². The average Bonchev–Trinajstić information content (AvgIpc) is 2.94. The number of nitrogens with one attached hydrogen (secondary N) is 2. The Kier molecular flexibility index (Phi) is 11.2. The Balaban J connectivity index is 1.84. The maximum atomic E-state index is 13.6. The zero-order valence-electron chi connectivity index (χ0n) is 23.5. The van der Waals surface area contributed by atoms with Gasteiger partial charge in [0.25, 0.3) is 0 Å². The molecule has 3 aromatic carbocycles. The smallest absolute Gasteiger partial charge is 0.408 e. The number of benzene rings is 3. The van der Waals surface area contributed by atoms with Crippen molar-refractivity contribution < 1.29 is 28.4 Å². The van der Waals surface area contributed by atoms with Crippen molar-refractivity contribution in [1.82, 2.24) is 10.6 Å². The van der Waals surface area contributed by atoms with E-state index < -0.39 is 49.9 Å². The predicted octanol–water partition coefficient (Wildman–Crippen LogP) is 4.23. The molecule has 0 aromatic heterocycles. The molecule has 0 saturated carbocycles. The van der Waals surface area contributed by atoms with Gasteiger partial charge in [0.2, 0.25) is 5.91 Å². The van der Waals surface area contributed by atoms with Crippen molar-refractivity contribution >= 4 is 36.7 Å². The van der Waals surface area contributed by atoms with Gasteiger partial charge in [0, 0.05) is 17.0 Å². The lowest BCUT2D eigenvalue weighted by Gasteiger charge is -2.29. The van der Waals surface area contributed by atoms with Crippen molar-refractivity contribution in [3.8, 4) is 0 Å². The molecular weight excluding hydrogens is 527 g/mol. The molecule has 0 heterocycles. The average molecular weight is 565 g/mol. The van der Waals surface area contributed by atoms with E-state index in [-0.39, 0.29) is 6.42 Å². The molecule has 40 heavy (non-hydrogen) atoms. The third-order valence-corrected chi connectivity index (χ3v) is 7.84. The van der Waals surface area contributed by atoms with Crippen LogP contribution in [0.5, 0.6) is 0 Å². The van der Waals surface area contributed by atoms with Crippen LogP contribution in [0.3, 0.4) is 0 Å². The van der Waals surface area contributed by atoms with Crippen molar-refractivity contribution in [2.24, 2.45) is 0 Å². The highest BCUT2D eigenvalue weighted by Gasteiger charge is 2.34. The van der Waals surface area contributed by atoms with Crippen LogP contribution in [0.2, 0.25) is 0 Å². The summed E-state index contributed by atoms with van der Waals surface area (Å²) in [5.74, 6) is -1.23. The molecule has 0 aliphatic rings. The summed E-state index contributed by atoms with van der Waals surface area (Å²) in [7, 11) is -0.0553. The predicted molar refractivity (Wildman–Crippen MR) is 157 cm³/mol. The van der Waals surface area contributed by atoms with Crippen molar-refractivity contribution in [3.05, 3.63) is 96.6 Å². The number of carbonyl (C=O) groups excluding carboxylic acids is 3. The molecule has 0 saturated heterocycles. The van der Waals surface area contributed by atoms with Crippen LogP contribution in [0.4, 0.5) is 4.79 Å². The van der Waals surface area contributed by atoms with E-state index in [9.17, 15) is 14.4 Å². The summed E-state index contributed by atoms with van der Waals surface area (Å²) in [6.07, 6.45) is -1.31. The van der Waals surface area contributed by atoms with Gasteiger partial charge in [-0.2, -0.15) is 0 Å². The number of hydrogen-bond acceptors (Lipinski definition) is 6. The summed E-state index contributed by atoms with van der Waals surface area (Å²) in [4.78, 5) is 39.1. The van der Waals surface area contributed by atoms with Crippen LogP contribution in [-0.2, 0) is 30.0 Å². The summed E-state index contributed by atoms with van der Waals surface area (Å²) in [6.45, 7) is 6.94. The van der Waals surface area contributed by atoms with E-state index in [1.807, 2.05) is 91.0 Å². The van der Waals surface area contributed by atoms with E-state index in [0.717, 1.165) is 16.2 Å². The summed E-state index contributed by atoms with van der Waals surface area (Å²) >= 11 is 0. The number of methoxy groups -OCH3 is 1. The van der Waals surface area contributed by atoms with Gasteiger partial charge >= 0.3 is 12.1 Å². The highest BCUT2D eigenvalue weighted by atomic mass is 31.1. The number of rotatable bonds is 11. The number of ether oxygens (including phenoxy) is 2. The van der Waals surface area contributed by atoms with E-state index in [4.69, 9.17) is 14.0 Å². The third-order valence-electron chi connectivity index (χ3n) is 5.77. The van der Waals surface area contributed by atoms with E-state index >= 15 is 0 Å². The van der Waals surface area contributed by atoms with Gasteiger partial charge in [0.05, 0.1) is 21.4 Å². The molecule has 3 atom stereocenters. The van der Waals surface area contributed by atoms with E-state index in [1.165, 1.54) is 7.11 Å². The molecule has 0 aliphatic heterocycles. The number of carbonyl (C=O) groups is 3. The fourth-order valence-corrected chi connectivity index (χ4v) is 5.76. The van der Waals surface area contributed by atoms with Crippen LogP contribution >= 0.6 is 8.15 Å². The minimum Gasteiger partial charge on any atom is -0.467 e. The minimum atomic E-state index is -1.31. The molecule has 0 spiro atoms. The van der Waals surface area contributed by atoms with Crippen LogP contribution in [0.1, 0.15) is 33.3 Å². The van der Waals surface area contributed by atoms with Gasteiger partial charge in [-0.05, 0) is 33.3 Å². The summed E-state index contributed by atoms with van der Waals surface area (Å²) in [6, 6.07) is 26.6. The van der Waals surface area contributed by atoms with Gasteiger partial charge in [0.15, 0.2) is 6.04 Å². The molecule has 0 aliphatic carbocycles. The van der Waals surface area contributed by atoms with Crippen molar-refractivity contribution in [3.63, 3.8) is 0 Å². The zero-order valence-corrected chi connectivity index (χ0v) is 24.4. The Morgan fingerprint density at radius 3 is 1.77 bits per heavy atom. The molecule has 0 radical (unpaired) electrons. The second kappa shape index (κ2) is 14.6. The Labute approximate surface area is 237 Å². The standard InChI is InChI=1S/C31H37N2O6P/c1-22(39-40(24-17-11-7-12-18-24)25-19-13-8-14-20-25)27(29(35)37-5)33-28(34)26(21-23-15-9-6-10-16-23)32-30(36)38-31(2,3)4/h6-20,22,26-27H,21H2,1-5H3,(H,32,36)(H,33,34)/t22-,26+,27+/m1/s1. The molecule has 9 heteroatoms. The lowest BCUT2D eigenvalue weighted by molar-refractivity contribution is -0.147. The number of amides is 2. The topological polar surface area (TPSA) is 103 Å². The number of hydrogen-bond donors (Lipinski definition) is 2. The second-order valence-electron chi connectivity index (χ2n) is 10.2. The molecular formula is C31H37N2O6P. The zero-order chi connectivity index (χ0) is 29.1. The van der Waals surface area contributed by atoms with E-state index in [2.05, 4.69) is 10.6 Å². The van der Waals surface area contributed by atoms with Crippen LogP contribution in [0.15, 0.2) is 91.0 Å². The minimum absolute atomic E-state index is 0.190. The lowest BCUT2D eigenvalue weighted by atomic mass is 10.0. The first-order valence-electron chi connectivity index (χ1n) is 13.1. The third kappa shape index (κ3) is 9.47. The fourth-order valence-electron chi connectivity index (χ4n) is 3.88. The van der Waals surface area contributed by atoms with Crippen LogP contribution in [-0.4, -0.2) is 48.9 Å². The first-order chi connectivity index (χ1) is 19.1. The highest BCUT2D eigenvalue weighted by molar-refractivity contribution is 7.68. The molecule has 2 N–H and O–H groups in total. The molecule has 3 aromatic rings. The Morgan fingerprint density at radius 1 is 0.800 bits per heavy atom. The Bertz CT molecular complexity index is 1200. The molecule has 0 fully saturated rings. The molecule has 3 rings (SSSR count). The van der Waals surface area contributed by atoms with Crippen molar-refractivity contribution in [2.45, 2.75) is 57.9 Å². The van der Waals surface area contributed by atoms with Crippen molar-refractivity contribution in [1.29, 1.82) is 0 Å². The van der Waals surface area contributed by atoms with Gasteiger partial charge < -0.3 is 24.6 Å². The number of esters is 1. The maximum Gasteiger partial charge on any atom is 0.408 e. The molecule has 0 unspecified atom stereocenters. The first-order valence-corrected chi connectivity index (χ1v) is 14.3. The summed E-state index contributed by atoms with van der Waals surface area (Å²) in [5.41, 5.74) is 0.0789. The van der Waals surface area contributed by atoms with Gasteiger partial charge in [-0.3, -0.25) is 4.79 Å². The van der Waals surface area contributed by atoms with Gasteiger partial charge in [0.1, 0.15) is 11.6 Å². The van der Waals surface area contributed by atoms with E-state index in [1.54, 1.807) is 27.7 Å². The quantitative estimate of drug-likeness (QED) is 0.267. The van der Waals surface area contributed by atoms with Crippen LogP contribution in [0.25, 0.3) is 0 Å². The highest BCUT2D eigenvalue weighted by Crippen LogP contribution is 2.37. The Hall–Kier alpha value is -3.74. The fraction of sp³-hybridized carbons (Fsp3) is 0.323. The molecule has 0 bridgehead atoms. The first kappa shape index (κ1) is 30.8. The van der Waals surface area contributed by atoms with Gasteiger partial charge in [-0.15, -0.1) is 0 Å². The molecule has 2 amide bonds. The molecule has 212 valence electrons. The largest absolute Gasteiger partial charge is 0.467 e. The van der Waals surface area contributed by atoms with Gasteiger partial charge in [-0.1, -0.05) is 91.0 Å². The van der Waals surface area contributed by atoms with E-state index in [0.29, 0.717) is 0 Å². The maximum absolute atomic E-state index is 13.6. The molecule has 8 nitrogen and oxygen atoms in total. The lowest BCUT2D eigenvalue weighted by Crippen LogP contribution is -2.56. The summed E-state index contributed by atoms with van der Waals surface area (Å²) in [5, 5.41) is 7.33.